The van der Waals surface area contributed by atoms with Crippen LogP contribution in [0.4, 0.5) is 0 Å². The van der Waals surface area contributed by atoms with Crippen LogP contribution >= 0.6 is 27.7 Å². The van der Waals surface area contributed by atoms with Crippen LogP contribution in [0.3, 0.4) is 0 Å². The van der Waals surface area contributed by atoms with Gasteiger partial charge >= 0.3 is 0 Å². The van der Waals surface area contributed by atoms with Crippen LogP contribution in [0.15, 0.2) is 5.16 Å². The Kier molecular flexibility index (Phi) is 5.02. The minimum Gasteiger partial charge on any atom is -0.217 e. The van der Waals surface area contributed by atoms with E-state index in [1.807, 2.05) is 11.8 Å². The van der Waals surface area contributed by atoms with Crippen molar-refractivity contribution < 1.29 is 0 Å². The first-order valence-electron chi connectivity index (χ1n) is 7.80. The van der Waals surface area contributed by atoms with Crippen LogP contribution in [-0.4, -0.2) is 31.3 Å². The Morgan fingerprint density at radius 1 is 1.15 bits per heavy atom. The molecule has 0 saturated heterocycles. The highest BCUT2D eigenvalue weighted by atomic mass is 79.9. The summed E-state index contributed by atoms with van der Waals surface area (Å²) in [6.45, 7) is 0. The maximum absolute atomic E-state index is 4.26. The van der Waals surface area contributed by atoms with Crippen molar-refractivity contribution in [3.05, 3.63) is 0 Å². The first-order chi connectivity index (χ1) is 9.83. The summed E-state index contributed by atoms with van der Waals surface area (Å²) >= 11 is 5.61. The van der Waals surface area contributed by atoms with Gasteiger partial charge in [0.15, 0.2) is 0 Å². The number of hydrogen-bond acceptors (Lipinski definition) is 4. The number of alkyl halides is 1. The number of rotatable bonds is 5. The Balaban J connectivity index is 1.64. The maximum Gasteiger partial charge on any atom is 0.209 e. The van der Waals surface area contributed by atoms with Gasteiger partial charge in [0.2, 0.25) is 5.16 Å². The first kappa shape index (κ1) is 14.8. The van der Waals surface area contributed by atoms with E-state index in [-0.39, 0.29) is 0 Å². The molecular weight excluding hydrogens is 336 g/mol. The summed E-state index contributed by atoms with van der Waals surface area (Å²) in [4.78, 5) is 0. The van der Waals surface area contributed by atoms with E-state index in [4.69, 9.17) is 0 Å². The lowest BCUT2D eigenvalue weighted by Gasteiger charge is -2.35. The van der Waals surface area contributed by atoms with E-state index in [0.717, 1.165) is 16.2 Å². The molecule has 1 aromatic rings. The van der Waals surface area contributed by atoms with Gasteiger partial charge in [0.25, 0.3) is 0 Å². The van der Waals surface area contributed by atoms with Gasteiger partial charge in [-0.25, -0.2) is 4.68 Å². The Morgan fingerprint density at radius 2 is 1.90 bits per heavy atom. The van der Waals surface area contributed by atoms with Gasteiger partial charge in [0.1, 0.15) is 0 Å². The Morgan fingerprint density at radius 3 is 2.60 bits per heavy atom. The predicted molar refractivity (Wildman–Crippen MR) is 85.4 cm³/mol. The monoisotopic (exact) mass is 358 g/mol. The normalized spacial score (nSPS) is 23.2. The molecule has 20 heavy (non-hydrogen) atoms. The molecule has 1 aromatic heterocycles. The first-order valence-corrected chi connectivity index (χ1v) is 9.90. The third-order valence-electron chi connectivity index (χ3n) is 4.84. The van der Waals surface area contributed by atoms with Crippen LogP contribution in [0.5, 0.6) is 0 Å². The molecule has 0 N–H and O–H groups in total. The van der Waals surface area contributed by atoms with Gasteiger partial charge in [-0.3, -0.25) is 0 Å². The number of tetrazole rings is 1. The van der Waals surface area contributed by atoms with Crippen molar-refractivity contribution in [1.29, 1.82) is 0 Å². The van der Waals surface area contributed by atoms with Gasteiger partial charge in [-0.15, -0.1) is 5.10 Å². The maximum atomic E-state index is 4.26. The molecule has 2 fully saturated rings. The molecule has 0 aliphatic heterocycles. The highest BCUT2D eigenvalue weighted by Gasteiger charge is 2.32. The quantitative estimate of drug-likeness (QED) is 0.583. The Labute approximate surface area is 133 Å². The average molecular weight is 359 g/mol. The molecule has 0 aromatic carbocycles. The molecular formula is C14H23BrN4S. The fourth-order valence-corrected chi connectivity index (χ4v) is 5.75. The van der Waals surface area contributed by atoms with E-state index in [0.29, 0.717) is 11.5 Å². The van der Waals surface area contributed by atoms with Gasteiger partial charge in [0, 0.05) is 11.1 Å². The lowest BCUT2D eigenvalue weighted by atomic mass is 9.77. The Hall–Kier alpha value is -0.100. The highest BCUT2D eigenvalue weighted by molar-refractivity contribution is 9.09. The van der Waals surface area contributed by atoms with E-state index in [9.17, 15) is 0 Å². The highest BCUT2D eigenvalue weighted by Crippen LogP contribution is 2.42. The number of aromatic nitrogens is 4. The predicted octanol–water partition coefficient (Wildman–Crippen LogP) is 4.23. The van der Waals surface area contributed by atoms with E-state index in [1.54, 1.807) is 0 Å². The fraction of sp³-hybridized carbons (Fsp3) is 0.929. The van der Waals surface area contributed by atoms with Crippen molar-refractivity contribution in [2.75, 3.05) is 11.1 Å². The molecule has 0 spiro atoms. The van der Waals surface area contributed by atoms with E-state index in [1.165, 1.54) is 57.8 Å². The van der Waals surface area contributed by atoms with E-state index < -0.39 is 0 Å². The van der Waals surface area contributed by atoms with Crippen LogP contribution < -0.4 is 0 Å². The molecule has 2 aliphatic carbocycles. The molecule has 0 bridgehead atoms. The van der Waals surface area contributed by atoms with Crippen LogP contribution in [0.1, 0.15) is 63.8 Å². The number of thioether (sulfide) groups is 1. The molecule has 2 aliphatic rings. The van der Waals surface area contributed by atoms with Gasteiger partial charge in [-0.05, 0) is 41.5 Å². The van der Waals surface area contributed by atoms with Gasteiger partial charge in [-0.2, -0.15) is 0 Å². The van der Waals surface area contributed by atoms with Gasteiger partial charge < -0.3 is 0 Å². The number of halogens is 1. The second-order valence-corrected chi connectivity index (χ2v) is 7.83. The molecule has 3 rings (SSSR count). The molecule has 112 valence electrons. The molecule has 0 amide bonds. The molecule has 1 heterocycles. The summed E-state index contributed by atoms with van der Waals surface area (Å²) in [6.07, 6.45) is 12.0. The molecule has 2 saturated carbocycles. The summed E-state index contributed by atoms with van der Waals surface area (Å²) in [6, 6.07) is 0.541. The number of nitrogens with zero attached hydrogens (tertiary/aromatic N) is 4. The van der Waals surface area contributed by atoms with Crippen molar-refractivity contribution >= 4 is 27.7 Å². The van der Waals surface area contributed by atoms with E-state index in [2.05, 4.69) is 36.1 Å². The third kappa shape index (κ3) is 3.21. The Bertz CT molecular complexity index is 425. The molecule has 0 unspecified atom stereocenters. The summed E-state index contributed by atoms with van der Waals surface area (Å²) < 4.78 is 2.09. The molecule has 4 nitrogen and oxygen atoms in total. The smallest absolute Gasteiger partial charge is 0.209 e. The largest absolute Gasteiger partial charge is 0.217 e. The lowest BCUT2D eigenvalue weighted by molar-refractivity contribution is 0.259. The second-order valence-electron chi connectivity index (χ2n) is 6.33. The zero-order valence-electron chi connectivity index (χ0n) is 11.9. The van der Waals surface area contributed by atoms with Gasteiger partial charge in [0.05, 0.1) is 6.04 Å². The molecule has 0 atom stereocenters. The molecule has 0 radical (unpaired) electrons. The standard InChI is InChI=1S/C14H23BrN4S/c15-10-14(8-4-1-5-9-14)11-20-13-16-17-18-19(13)12-6-2-3-7-12/h12H,1-11H2. The topological polar surface area (TPSA) is 43.6 Å². The molecule has 6 heteroatoms. The summed E-state index contributed by atoms with van der Waals surface area (Å²) in [7, 11) is 0. The minimum absolute atomic E-state index is 0.454. The zero-order chi connectivity index (χ0) is 13.8. The van der Waals surface area contributed by atoms with Crippen LogP contribution in [0.2, 0.25) is 0 Å². The number of hydrogen-bond donors (Lipinski definition) is 0. The summed E-state index contributed by atoms with van der Waals surface area (Å²) in [5.41, 5.74) is 0.454. The SMILES string of the molecule is BrCC1(CSc2nnnn2C2CCCC2)CCCCC1. The summed E-state index contributed by atoms with van der Waals surface area (Å²) in [5.74, 6) is 1.14. The van der Waals surface area contributed by atoms with Crippen molar-refractivity contribution in [1.82, 2.24) is 20.2 Å². The van der Waals surface area contributed by atoms with Crippen molar-refractivity contribution in [2.45, 2.75) is 69.0 Å². The fourth-order valence-electron chi connectivity index (χ4n) is 3.49. The van der Waals surface area contributed by atoms with Crippen LogP contribution in [-0.2, 0) is 0 Å². The van der Waals surface area contributed by atoms with Crippen LogP contribution in [0.25, 0.3) is 0 Å². The van der Waals surface area contributed by atoms with Crippen molar-refractivity contribution in [2.24, 2.45) is 5.41 Å². The lowest BCUT2D eigenvalue weighted by Crippen LogP contribution is -2.28. The van der Waals surface area contributed by atoms with E-state index >= 15 is 0 Å². The average Bonchev–Trinajstić information content (AvgIpc) is 3.16. The zero-order valence-corrected chi connectivity index (χ0v) is 14.3. The van der Waals surface area contributed by atoms with Crippen molar-refractivity contribution in [3.63, 3.8) is 0 Å². The summed E-state index contributed by atoms with van der Waals surface area (Å²) in [5, 5.41) is 14.5. The van der Waals surface area contributed by atoms with Crippen molar-refractivity contribution in [3.8, 4) is 0 Å². The minimum atomic E-state index is 0.454. The third-order valence-corrected chi connectivity index (χ3v) is 7.31. The second kappa shape index (κ2) is 6.77. The van der Waals surface area contributed by atoms with Crippen LogP contribution in [0, 0.1) is 5.41 Å². The van der Waals surface area contributed by atoms with Gasteiger partial charge in [-0.1, -0.05) is 59.8 Å².